The van der Waals surface area contributed by atoms with Crippen molar-refractivity contribution < 1.29 is 9.90 Å². The van der Waals surface area contributed by atoms with Crippen LogP contribution in [0.1, 0.15) is 12.1 Å². The minimum atomic E-state index is -0.755. The molecule has 1 rings (SSSR count). The molecule has 54 valence electrons. The van der Waals surface area contributed by atoms with Gasteiger partial charge in [0.25, 0.3) is 0 Å². The highest BCUT2D eigenvalue weighted by atomic mass is 16.4. The molecule has 1 heterocycles. The highest BCUT2D eigenvalue weighted by Gasteiger charge is 1.97. The maximum Gasteiger partial charge on any atom is 0.303 e. The van der Waals surface area contributed by atoms with E-state index in [-0.39, 0.29) is 6.42 Å². The fourth-order valence-corrected chi connectivity index (χ4v) is 0.765. The number of hydrogen-bond acceptors (Lipinski definition) is 1. The lowest BCUT2D eigenvalue weighted by molar-refractivity contribution is -0.136. The predicted octanol–water partition coefficient (Wildman–Crippen LogP) is 1.03. The zero-order valence-electron chi connectivity index (χ0n) is 5.50. The van der Waals surface area contributed by atoms with Crippen molar-refractivity contribution in [1.82, 2.24) is 4.98 Å². The molecule has 0 radical (unpaired) electrons. The minimum Gasteiger partial charge on any atom is -0.481 e. The topological polar surface area (TPSA) is 53.1 Å². The first kappa shape index (κ1) is 6.86. The van der Waals surface area contributed by atoms with Gasteiger partial charge in [0.15, 0.2) is 0 Å². The molecule has 0 aromatic carbocycles. The number of carboxylic acids is 1. The molecule has 10 heavy (non-hydrogen) atoms. The average molecular weight is 139 g/mol. The molecule has 0 fully saturated rings. The van der Waals surface area contributed by atoms with E-state index in [9.17, 15) is 4.79 Å². The molecular weight excluding hydrogens is 130 g/mol. The van der Waals surface area contributed by atoms with Crippen LogP contribution in [-0.2, 0) is 11.2 Å². The molecule has 0 aliphatic heterocycles. The van der Waals surface area contributed by atoms with Gasteiger partial charge in [0.05, 0.1) is 6.42 Å². The lowest BCUT2D eigenvalue weighted by Crippen LogP contribution is -1.97. The summed E-state index contributed by atoms with van der Waals surface area (Å²) in [6.45, 7) is 0. The van der Waals surface area contributed by atoms with Crippen LogP contribution in [0.5, 0.6) is 0 Å². The summed E-state index contributed by atoms with van der Waals surface area (Å²) in [5.74, 6) is -0.755. The van der Waals surface area contributed by atoms with E-state index < -0.39 is 5.97 Å². The molecule has 0 spiro atoms. The Balaban J connectivity index is 2.35. The Morgan fingerprint density at radius 1 is 1.70 bits per heavy atom. The van der Waals surface area contributed by atoms with Crippen molar-refractivity contribution >= 4 is 5.97 Å². The number of aromatic nitrogens is 1. The van der Waals surface area contributed by atoms with Crippen LogP contribution in [0.3, 0.4) is 0 Å². The summed E-state index contributed by atoms with van der Waals surface area (Å²) in [6, 6.07) is 3.74. The van der Waals surface area contributed by atoms with Crippen molar-refractivity contribution in [1.29, 1.82) is 0 Å². The fourth-order valence-electron chi connectivity index (χ4n) is 0.765. The Morgan fingerprint density at radius 2 is 2.50 bits per heavy atom. The summed E-state index contributed by atoms with van der Waals surface area (Å²) in [6.07, 6.45) is 2.57. The van der Waals surface area contributed by atoms with Crippen molar-refractivity contribution in [2.24, 2.45) is 0 Å². The van der Waals surface area contributed by atoms with Gasteiger partial charge in [0.1, 0.15) is 0 Å². The molecule has 0 saturated heterocycles. The van der Waals surface area contributed by atoms with Gasteiger partial charge in [0, 0.05) is 11.9 Å². The molecule has 0 unspecified atom stereocenters. The summed E-state index contributed by atoms with van der Waals surface area (Å²) in [4.78, 5) is 13.0. The van der Waals surface area contributed by atoms with Crippen LogP contribution in [0.2, 0.25) is 0 Å². The van der Waals surface area contributed by atoms with E-state index in [0.29, 0.717) is 6.42 Å². The van der Waals surface area contributed by atoms with Crippen LogP contribution < -0.4 is 0 Å². The third-order valence-electron chi connectivity index (χ3n) is 1.27. The third-order valence-corrected chi connectivity index (χ3v) is 1.27. The summed E-state index contributed by atoms with van der Waals surface area (Å²) >= 11 is 0. The number of aliphatic carboxylic acids is 1. The Bertz CT molecular complexity index is 203. The van der Waals surface area contributed by atoms with Crippen molar-refractivity contribution in [2.75, 3.05) is 0 Å². The summed E-state index contributed by atoms with van der Waals surface area (Å²) in [5.41, 5.74) is 0.974. The molecule has 1 aromatic heterocycles. The fraction of sp³-hybridized carbons (Fsp3) is 0.286. The van der Waals surface area contributed by atoms with E-state index in [2.05, 4.69) is 4.98 Å². The Morgan fingerprint density at radius 3 is 3.00 bits per heavy atom. The maximum atomic E-state index is 10.1. The van der Waals surface area contributed by atoms with Crippen molar-refractivity contribution in [3.05, 3.63) is 24.0 Å². The minimum absolute atomic E-state index is 0.195. The first-order valence-corrected chi connectivity index (χ1v) is 3.13. The van der Waals surface area contributed by atoms with Crippen LogP contribution in [0.15, 0.2) is 18.3 Å². The van der Waals surface area contributed by atoms with Gasteiger partial charge < -0.3 is 10.1 Å². The highest BCUT2D eigenvalue weighted by molar-refractivity contribution is 5.66. The summed E-state index contributed by atoms with van der Waals surface area (Å²) in [5, 5.41) is 8.30. The normalized spacial score (nSPS) is 9.60. The van der Waals surface area contributed by atoms with Crippen molar-refractivity contribution in [2.45, 2.75) is 12.8 Å². The van der Waals surface area contributed by atoms with Crippen LogP contribution >= 0.6 is 0 Å². The van der Waals surface area contributed by atoms with Gasteiger partial charge >= 0.3 is 5.97 Å². The van der Waals surface area contributed by atoms with Gasteiger partial charge in [0.2, 0.25) is 0 Å². The molecular formula is C7H9NO2. The number of rotatable bonds is 3. The van der Waals surface area contributed by atoms with E-state index in [1.165, 1.54) is 0 Å². The molecule has 0 aliphatic carbocycles. The molecule has 0 bridgehead atoms. The lowest BCUT2D eigenvalue weighted by Gasteiger charge is -1.90. The average Bonchev–Trinajstić information content (AvgIpc) is 2.34. The third kappa shape index (κ3) is 1.93. The van der Waals surface area contributed by atoms with E-state index >= 15 is 0 Å². The second-order valence-electron chi connectivity index (χ2n) is 2.09. The molecule has 0 amide bonds. The standard InChI is InChI=1S/C7H9NO2/c9-7(10)4-3-6-2-1-5-8-6/h1-2,5,8H,3-4H2,(H,9,10). The van der Waals surface area contributed by atoms with Gasteiger partial charge in [-0.1, -0.05) is 0 Å². The Labute approximate surface area is 58.7 Å². The lowest BCUT2D eigenvalue weighted by atomic mass is 10.2. The van der Waals surface area contributed by atoms with E-state index in [4.69, 9.17) is 5.11 Å². The van der Waals surface area contributed by atoms with E-state index in [1.807, 2.05) is 12.1 Å². The number of hydrogen-bond donors (Lipinski definition) is 2. The van der Waals surface area contributed by atoms with Crippen LogP contribution in [0.25, 0.3) is 0 Å². The van der Waals surface area contributed by atoms with Gasteiger partial charge in [-0.2, -0.15) is 0 Å². The zero-order chi connectivity index (χ0) is 7.40. The Kier molecular flexibility index (Phi) is 2.10. The first-order chi connectivity index (χ1) is 4.79. The Hall–Kier alpha value is -1.25. The van der Waals surface area contributed by atoms with Crippen LogP contribution in [-0.4, -0.2) is 16.1 Å². The molecule has 2 N–H and O–H groups in total. The summed E-state index contributed by atoms with van der Waals surface area (Å²) < 4.78 is 0. The van der Waals surface area contributed by atoms with Crippen molar-refractivity contribution in [3.63, 3.8) is 0 Å². The predicted molar refractivity (Wildman–Crippen MR) is 36.7 cm³/mol. The monoisotopic (exact) mass is 139 g/mol. The number of carboxylic acid groups (broad SMARTS) is 1. The van der Waals surface area contributed by atoms with Crippen LogP contribution in [0.4, 0.5) is 0 Å². The summed E-state index contributed by atoms with van der Waals surface area (Å²) in [7, 11) is 0. The molecule has 0 aliphatic rings. The number of H-pyrrole nitrogens is 1. The molecule has 3 heteroatoms. The van der Waals surface area contributed by atoms with E-state index in [0.717, 1.165) is 5.69 Å². The van der Waals surface area contributed by atoms with Gasteiger partial charge in [-0.25, -0.2) is 0 Å². The molecule has 0 saturated carbocycles. The number of nitrogens with one attached hydrogen (secondary N) is 1. The second kappa shape index (κ2) is 3.06. The number of carbonyl (C=O) groups is 1. The quantitative estimate of drug-likeness (QED) is 0.657. The highest BCUT2D eigenvalue weighted by Crippen LogP contribution is 1.98. The van der Waals surface area contributed by atoms with Gasteiger partial charge in [-0.15, -0.1) is 0 Å². The SMILES string of the molecule is O=C(O)CCc1ccc[nH]1. The number of aryl methyl sites for hydroxylation is 1. The molecule has 3 nitrogen and oxygen atoms in total. The van der Waals surface area contributed by atoms with E-state index in [1.54, 1.807) is 6.20 Å². The van der Waals surface area contributed by atoms with Crippen molar-refractivity contribution in [3.8, 4) is 0 Å². The molecule has 0 atom stereocenters. The van der Waals surface area contributed by atoms with Gasteiger partial charge in [-0.05, 0) is 18.6 Å². The first-order valence-electron chi connectivity index (χ1n) is 3.13. The largest absolute Gasteiger partial charge is 0.481 e. The van der Waals surface area contributed by atoms with Crippen LogP contribution in [0, 0.1) is 0 Å². The second-order valence-corrected chi connectivity index (χ2v) is 2.09. The zero-order valence-corrected chi connectivity index (χ0v) is 5.50. The smallest absolute Gasteiger partial charge is 0.303 e. The van der Waals surface area contributed by atoms with Gasteiger partial charge in [-0.3, -0.25) is 4.79 Å². The maximum absolute atomic E-state index is 10.1. The molecule has 1 aromatic rings. The number of aromatic amines is 1.